The summed E-state index contributed by atoms with van der Waals surface area (Å²) in [6, 6.07) is 4.02. The van der Waals surface area contributed by atoms with Crippen LogP contribution in [0.5, 0.6) is 0 Å². The number of carbonyl (C=O) groups is 1. The highest BCUT2D eigenvalue weighted by molar-refractivity contribution is 6.33. The second-order valence-electron chi connectivity index (χ2n) is 5.89. The van der Waals surface area contributed by atoms with Crippen molar-refractivity contribution in [2.75, 3.05) is 19.6 Å². The van der Waals surface area contributed by atoms with Crippen molar-refractivity contribution in [3.63, 3.8) is 0 Å². The monoisotopic (exact) mass is 312 g/mol. The van der Waals surface area contributed by atoms with Crippen LogP contribution in [0.1, 0.15) is 37.0 Å². The molecule has 0 bridgehead atoms. The summed E-state index contributed by atoms with van der Waals surface area (Å²) >= 11 is 6.02. The van der Waals surface area contributed by atoms with Crippen molar-refractivity contribution in [2.45, 2.75) is 32.7 Å². The Labute approximate surface area is 130 Å². The Morgan fingerprint density at radius 2 is 2.29 bits per heavy atom. The lowest BCUT2D eigenvalue weighted by Crippen LogP contribution is -2.44. The molecule has 21 heavy (non-hydrogen) atoms. The van der Waals surface area contributed by atoms with E-state index in [-0.39, 0.29) is 17.0 Å². The minimum atomic E-state index is -0.427. The van der Waals surface area contributed by atoms with Crippen molar-refractivity contribution in [1.29, 1.82) is 0 Å². The van der Waals surface area contributed by atoms with Crippen LogP contribution in [0.15, 0.2) is 18.2 Å². The lowest BCUT2D eigenvalue weighted by Gasteiger charge is -2.33. The summed E-state index contributed by atoms with van der Waals surface area (Å²) < 4.78 is 13.1. The molecular weight excluding hydrogens is 291 g/mol. The molecule has 1 aromatic carbocycles. The predicted molar refractivity (Wildman–Crippen MR) is 83.2 cm³/mol. The number of benzene rings is 1. The predicted octanol–water partition coefficient (Wildman–Crippen LogP) is 3.33. The molecule has 0 saturated carbocycles. The van der Waals surface area contributed by atoms with Crippen LogP contribution in [0.25, 0.3) is 0 Å². The highest BCUT2D eigenvalue weighted by Gasteiger charge is 2.25. The fourth-order valence-electron chi connectivity index (χ4n) is 2.70. The van der Waals surface area contributed by atoms with E-state index in [9.17, 15) is 9.18 Å². The van der Waals surface area contributed by atoms with E-state index < -0.39 is 5.82 Å². The van der Waals surface area contributed by atoms with Gasteiger partial charge in [0, 0.05) is 12.6 Å². The Morgan fingerprint density at radius 1 is 1.52 bits per heavy atom. The summed E-state index contributed by atoms with van der Waals surface area (Å²) in [5.41, 5.74) is 0.371. The Bertz CT molecular complexity index is 501. The minimum absolute atomic E-state index is 0.0838. The van der Waals surface area contributed by atoms with Gasteiger partial charge in [0.15, 0.2) is 0 Å². The van der Waals surface area contributed by atoms with E-state index in [4.69, 9.17) is 11.6 Å². The van der Waals surface area contributed by atoms with E-state index in [0.717, 1.165) is 25.9 Å². The fourth-order valence-corrected chi connectivity index (χ4v) is 2.95. The van der Waals surface area contributed by atoms with E-state index in [1.54, 1.807) is 0 Å². The maximum Gasteiger partial charge on any atom is 0.255 e. The Morgan fingerprint density at radius 3 is 2.86 bits per heavy atom. The van der Waals surface area contributed by atoms with Gasteiger partial charge >= 0.3 is 0 Å². The maximum atomic E-state index is 13.1. The zero-order valence-electron chi connectivity index (χ0n) is 12.5. The van der Waals surface area contributed by atoms with Gasteiger partial charge in [0.2, 0.25) is 0 Å². The minimum Gasteiger partial charge on any atom is -0.336 e. The average Bonchev–Trinajstić information content (AvgIpc) is 2.45. The number of amides is 1. The number of carbonyl (C=O) groups excluding carboxylic acids is 1. The molecule has 1 fully saturated rings. The Kier molecular flexibility index (Phi) is 5.59. The van der Waals surface area contributed by atoms with E-state index in [2.05, 4.69) is 5.32 Å². The number of nitrogens with zero attached hydrogens (tertiary/aromatic N) is 1. The SMILES string of the molecule is CC(C)N(CC1CCCNC1)C(=O)c1ccc(F)cc1Cl. The van der Waals surface area contributed by atoms with Crippen molar-refractivity contribution in [3.8, 4) is 0 Å². The summed E-state index contributed by atoms with van der Waals surface area (Å²) in [4.78, 5) is 14.5. The molecule has 116 valence electrons. The number of rotatable bonds is 4. The van der Waals surface area contributed by atoms with Gasteiger partial charge in [0.1, 0.15) is 5.82 Å². The molecule has 0 aliphatic carbocycles. The number of halogens is 2. The smallest absolute Gasteiger partial charge is 0.255 e. The van der Waals surface area contributed by atoms with E-state index in [1.807, 2.05) is 18.7 Å². The molecule has 1 N–H and O–H groups in total. The molecule has 1 amide bonds. The van der Waals surface area contributed by atoms with Gasteiger partial charge in [-0.2, -0.15) is 0 Å². The molecular formula is C16H22ClFN2O. The Balaban J connectivity index is 2.14. The standard InChI is InChI=1S/C16H22ClFN2O/c1-11(2)20(10-12-4-3-7-19-9-12)16(21)14-6-5-13(18)8-15(14)17/h5-6,8,11-12,19H,3-4,7,9-10H2,1-2H3. The summed E-state index contributed by atoms with van der Waals surface area (Å²) in [5, 5.41) is 3.54. The van der Waals surface area contributed by atoms with Gasteiger partial charge in [-0.05, 0) is 63.9 Å². The quantitative estimate of drug-likeness (QED) is 0.925. The van der Waals surface area contributed by atoms with Crippen LogP contribution in [0.2, 0.25) is 5.02 Å². The third-order valence-electron chi connectivity index (χ3n) is 3.90. The van der Waals surface area contributed by atoms with Crippen molar-refractivity contribution < 1.29 is 9.18 Å². The van der Waals surface area contributed by atoms with Gasteiger partial charge in [0.25, 0.3) is 5.91 Å². The fraction of sp³-hybridized carbons (Fsp3) is 0.562. The first kappa shape index (κ1) is 16.2. The van der Waals surface area contributed by atoms with Crippen molar-refractivity contribution in [3.05, 3.63) is 34.6 Å². The third kappa shape index (κ3) is 4.17. The summed E-state index contributed by atoms with van der Waals surface area (Å²) in [7, 11) is 0. The molecule has 1 atom stereocenters. The molecule has 5 heteroatoms. The van der Waals surface area contributed by atoms with Gasteiger partial charge in [-0.15, -0.1) is 0 Å². The average molecular weight is 313 g/mol. The zero-order valence-corrected chi connectivity index (χ0v) is 13.3. The second-order valence-corrected chi connectivity index (χ2v) is 6.30. The highest BCUT2D eigenvalue weighted by Crippen LogP contribution is 2.22. The number of nitrogens with one attached hydrogen (secondary N) is 1. The van der Waals surface area contributed by atoms with E-state index in [1.165, 1.54) is 18.2 Å². The highest BCUT2D eigenvalue weighted by atomic mass is 35.5. The molecule has 1 aliphatic heterocycles. The van der Waals surface area contributed by atoms with Gasteiger partial charge in [-0.25, -0.2) is 4.39 Å². The number of piperidine rings is 1. The first-order chi connectivity index (χ1) is 9.99. The van der Waals surface area contributed by atoms with Crippen LogP contribution in [0.4, 0.5) is 4.39 Å². The van der Waals surface area contributed by atoms with Crippen LogP contribution in [0.3, 0.4) is 0 Å². The lowest BCUT2D eigenvalue weighted by atomic mass is 9.98. The first-order valence-electron chi connectivity index (χ1n) is 7.45. The van der Waals surface area contributed by atoms with Crippen LogP contribution in [-0.2, 0) is 0 Å². The van der Waals surface area contributed by atoms with E-state index in [0.29, 0.717) is 18.0 Å². The van der Waals surface area contributed by atoms with Crippen LogP contribution >= 0.6 is 11.6 Å². The van der Waals surface area contributed by atoms with E-state index >= 15 is 0 Å². The van der Waals surface area contributed by atoms with Gasteiger partial charge in [-0.3, -0.25) is 4.79 Å². The zero-order chi connectivity index (χ0) is 15.4. The lowest BCUT2D eigenvalue weighted by molar-refractivity contribution is 0.0661. The van der Waals surface area contributed by atoms with Gasteiger partial charge in [0.05, 0.1) is 10.6 Å². The van der Waals surface area contributed by atoms with Crippen LogP contribution in [-0.4, -0.2) is 36.5 Å². The van der Waals surface area contributed by atoms with Gasteiger partial charge < -0.3 is 10.2 Å². The maximum absolute atomic E-state index is 13.1. The van der Waals surface area contributed by atoms with Crippen molar-refractivity contribution >= 4 is 17.5 Å². The number of hydrogen-bond acceptors (Lipinski definition) is 2. The second kappa shape index (κ2) is 7.23. The molecule has 0 aromatic heterocycles. The molecule has 1 saturated heterocycles. The molecule has 1 aromatic rings. The normalized spacial score (nSPS) is 18.8. The molecule has 3 nitrogen and oxygen atoms in total. The molecule has 0 radical (unpaired) electrons. The van der Waals surface area contributed by atoms with Crippen LogP contribution in [0, 0.1) is 11.7 Å². The molecule has 1 aliphatic rings. The van der Waals surface area contributed by atoms with Gasteiger partial charge in [-0.1, -0.05) is 11.6 Å². The Hall–Kier alpha value is -1.13. The molecule has 1 unspecified atom stereocenters. The summed E-state index contributed by atoms with van der Waals surface area (Å²) in [6.45, 7) is 6.68. The number of hydrogen-bond donors (Lipinski definition) is 1. The molecule has 2 rings (SSSR count). The van der Waals surface area contributed by atoms with Crippen molar-refractivity contribution in [2.24, 2.45) is 5.92 Å². The summed E-state index contributed by atoms with van der Waals surface area (Å²) in [6.07, 6.45) is 2.27. The largest absolute Gasteiger partial charge is 0.336 e. The summed E-state index contributed by atoms with van der Waals surface area (Å²) in [5.74, 6) is -0.0889. The topological polar surface area (TPSA) is 32.3 Å². The van der Waals surface area contributed by atoms with Crippen molar-refractivity contribution in [1.82, 2.24) is 10.2 Å². The first-order valence-corrected chi connectivity index (χ1v) is 7.83. The van der Waals surface area contributed by atoms with Crippen LogP contribution < -0.4 is 5.32 Å². The molecule has 1 heterocycles. The third-order valence-corrected chi connectivity index (χ3v) is 4.21. The molecule has 0 spiro atoms.